The molecule has 1 atom stereocenters. The molecule has 160 valence electrons. The molecule has 2 N–H and O–H groups in total. The van der Waals surface area contributed by atoms with Crippen LogP contribution in [0.25, 0.3) is 0 Å². The molecule has 3 rings (SSSR count). The van der Waals surface area contributed by atoms with E-state index in [2.05, 4.69) is 75.9 Å². The zero-order chi connectivity index (χ0) is 20.0. The standard InChI is InChI=1S/C21H31N5OS.HI/c1-16-14-26(9-10-27-16)19-8-7-17(12-23-19)13-24-20(22-4)25-15-21(2,3)18-6-5-11-28-18;/h5-8,11-12,16H,9-10,13-15H2,1-4H3,(H2,22,24,25);1H. The summed E-state index contributed by atoms with van der Waals surface area (Å²) in [7, 11) is 1.80. The quantitative estimate of drug-likeness (QED) is 0.340. The van der Waals surface area contributed by atoms with Gasteiger partial charge < -0.3 is 20.3 Å². The van der Waals surface area contributed by atoms with E-state index in [0.29, 0.717) is 6.54 Å². The van der Waals surface area contributed by atoms with E-state index in [-0.39, 0.29) is 35.5 Å². The second kappa shape index (κ2) is 11.1. The molecule has 0 aliphatic carbocycles. The molecule has 0 aromatic carbocycles. The molecule has 0 amide bonds. The van der Waals surface area contributed by atoms with Crippen molar-refractivity contribution < 1.29 is 4.74 Å². The van der Waals surface area contributed by atoms with Crippen LogP contribution in [-0.4, -0.2) is 50.3 Å². The molecule has 0 saturated carbocycles. The third kappa shape index (κ3) is 6.82. The van der Waals surface area contributed by atoms with E-state index in [4.69, 9.17) is 4.74 Å². The number of pyridine rings is 1. The maximum Gasteiger partial charge on any atom is 0.191 e. The summed E-state index contributed by atoms with van der Waals surface area (Å²) >= 11 is 1.79. The van der Waals surface area contributed by atoms with Crippen molar-refractivity contribution in [2.24, 2.45) is 4.99 Å². The lowest BCUT2D eigenvalue weighted by Gasteiger charge is -2.32. The SMILES string of the molecule is CN=C(NCc1ccc(N2CCOC(C)C2)nc1)NCC(C)(C)c1cccs1.I. The van der Waals surface area contributed by atoms with Crippen LogP contribution in [0.1, 0.15) is 31.2 Å². The highest BCUT2D eigenvalue weighted by molar-refractivity contribution is 14.0. The van der Waals surface area contributed by atoms with E-state index in [1.165, 1.54) is 4.88 Å². The fourth-order valence-electron chi connectivity index (χ4n) is 3.20. The van der Waals surface area contributed by atoms with Crippen LogP contribution in [0.4, 0.5) is 5.82 Å². The zero-order valence-electron chi connectivity index (χ0n) is 17.6. The number of morpholine rings is 1. The second-order valence-electron chi connectivity index (χ2n) is 7.79. The molecule has 2 aromatic rings. The average molecular weight is 529 g/mol. The van der Waals surface area contributed by atoms with Gasteiger partial charge in [-0.2, -0.15) is 0 Å². The minimum Gasteiger partial charge on any atom is -0.375 e. The molecule has 8 heteroatoms. The van der Waals surface area contributed by atoms with Crippen molar-refractivity contribution in [1.82, 2.24) is 15.6 Å². The molecule has 29 heavy (non-hydrogen) atoms. The Labute approximate surface area is 195 Å². The van der Waals surface area contributed by atoms with Crippen LogP contribution in [0, 0.1) is 0 Å². The monoisotopic (exact) mass is 529 g/mol. The molecule has 0 radical (unpaired) electrons. The van der Waals surface area contributed by atoms with Crippen molar-refractivity contribution in [3.63, 3.8) is 0 Å². The number of ether oxygens (including phenoxy) is 1. The molecular weight excluding hydrogens is 497 g/mol. The number of thiophene rings is 1. The third-order valence-corrected chi connectivity index (χ3v) is 6.18. The van der Waals surface area contributed by atoms with Gasteiger partial charge in [-0.25, -0.2) is 4.98 Å². The molecule has 1 unspecified atom stereocenters. The van der Waals surface area contributed by atoms with Crippen LogP contribution in [0.15, 0.2) is 40.8 Å². The lowest BCUT2D eigenvalue weighted by Crippen LogP contribution is -2.43. The lowest BCUT2D eigenvalue weighted by molar-refractivity contribution is 0.0529. The van der Waals surface area contributed by atoms with E-state index < -0.39 is 0 Å². The number of nitrogens with zero attached hydrogens (tertiary/aromatic N) is 3. The highest BCUT2D eigenvalue weighted by Crippen LogP contribution is 2.26. The van der Waals surface area contributed by atoms with Crippen LogP contribution in [-0.2, 0) is 16.7 Å². The molecule has 1 aliphatic heterocycles. The van der Waals surface area contributed by atoms with Gasteiger partial charge in [-0.3, -0.25) is 4.99 Å². The summed E-state index contributed by atoms with van der Waals surface area (Å²) in [5, 5.41) is 8.94. The van der Waals surface area contributed by atoms with Gasteiger partial charge in [-0.1, -0.05) is 26.0 Å². The maximum atomic E-state index is 5.60. The Morgan fingerprint density at radius 1 is 1.34 bits per heavy atom. The molecule has 6 nitrogen and oxygen atoms in total. The maximum absolute atomic E-state index is 5.60. The van der Waals surface area contributed by atoms with Crippen LogP contribution in [0.2, 0.25) is 0 Å². The third-order valence-electron chi connectivity index (χ3n) is 4.94. The average Bonchev–Trinajstić information content (AvgIpc) is 3.24. The predicted molar refractivity (Wildman–Crippen MR) is 133 cm³/mol. The molecule has 1 fully saturated rings. The van der Waals surface area contributed by atoms with Gasteiger partial charge in [0.2, 0.25) is 0 Å². The Morgan fingerprint density at radius 3 is 2.79 bits per heavy atom. The summed E-state index contributed by atoms with van der Waals surface area (Å²) in [5.74, 6) is 1.81. The van der Waals surface area contributed by atoms with Crippen molar-refractivity contribution in [3.8, 4) is 0 Å². The van der Waals surface area contributed by atoms with Gasteiger partial charge in [0.15, 0.2) is 5.96 Å². The second-order valence-corrected chi connectivity index (χ2v) is 8.74. The first-order chi connectivity index (χ1) is 13.5. The highest BCUT2D eigenvalue weighted by Gasteiger charge is 2.22. The van der Waals surface area contributed by atoms with Gasteiger partial charge in [-0.15, -0.1) is 35.3 Å². The van der Waals surface area contributed by atoms with E-state index >= 15 is 0 Å². The minimum absolute atomic E-state index is 0. The Balaban J connectivity index is 0.00000300. The number of guanidine groups is 1. The first-order valence-corrected chi connectivity index (χ1v) is 10.7. The van der Waals surface area contributed by atoms with Gasteiger partial charge >= 0.3 is 0 Å². The topological polar surface area (TPSA) is 61.8 Å². The van der Waals surface area contributed by atoms with Crippen molar-refractivity contribution in [1.29, 1.82) is 0 Å². The molecule has 1 saturated heterocycles. The summed E-state index contributed by atoms with van der Waals surface area (Å²) in [5.41, 5.74) is 1.19. The summed E-state index contributed by atoms with van der Waals surface area (Å²) < 4.78 is 5.60. The van der Waals surface area contributed by atoms with Crippen LogP contribution in [0.5, 0.6) is 0 Å². The van der Waals surface area contributed by atoms with E-state index in [1.54, 1.807) is 18.4 Å². The summed E-state index contributed by atoms with van der Waals surface area (Å²) in [6, 6.07) is 8.50. The van der Waals surface area contributed by atoms with Gasteiger partial charge in [0.05, 0.1) is 12.7 Å². The molecule has 0 spiro atoms. The van der Waals surface area contributed by atoms with E-state index in [1.807, 2.05) is 6.20 Å². The Hall–Kier alpha value is -1.39. The van der Waals surface area contributed by atoms with Gasteiger partial charge in [0.1, 0.15) is 5.82 Å². The first kappa shape index (κ1) is 23.9. The number of nitrogens with one attached hydrogen (secondary N) is 2. The summed E-state index contributed by atoms with van der Waals surface area (Å²) in [6.45, 7) is 10.6. The lowest BCUT2D eigenvalue weighted by atomic mass is 9.91. The molecule has 2 aromatic heterocycles. The van der Waals surface area contributed by atoms with Crippen molar-refractivity contribution in [3.05, 3.63) is 46.3 Å². The number of aliphatic imine (C=N–C) groups is 1. The summed E-state index contributed by atoms with van der Waals surface area (Å²) in [6.07, 6.45) is 2.19. The molecule has 1 aliphatic rings. The number of hydrogen-bond donors (Lipinski definition) is 2. The van der Waals surface area contributed by atoms with Gasteiger partial charge in [0, 0.05) is 49.7 Å². The van der Waals surface area contributed by atoms with Crippen LogP contribution in [0.3, 0.4) is 0 Å². The number of anilines is 1. The normalized spacial score (nSPS) is 17.6. The number of hydrogen-bond acceptors (Lipinski definition) is 5. The number of rotatable bonds is 6. The van der Waals surface area contributed by atoms with E-state index in [9.17, 15) is 0 Å². The van der Waals surface area contributed by atoms with Crippen LogP contribution >= 0.6 is 35.3 Å². The van der Waals surface area contributed by atoms with Crippen LogP contribution < -0.4 is 15.5 Å². The number of halogens is 1. The molecule has 3 heterocycles. The Kier molecular flexibility index (Phi) is 9.16. The highest BCUT2D eigenvalue weighted by atomic mass is 127. The van der Waals surface area contributed by atoms with E-state index in [0.717, 1.165) is 43.6 Å². The first-order valence-electron chi connectivity index (χ1n) is 9.78. The predicted octanol–water partition coefficient (Wildman–Crippen LogP) is 3.63. The zero-order valence-corrected chi connectivity index (χ0v) is 20.8. The fraction of sp³-hybridized carbons (Fsp3) is 0.524. The largest absolute Gasteiger partial charge is 0.375 e. The summed E-state index contributed by atoms with van der Waals surface area (Å²) in [4.78, 5) is 12.6. The van der Waals surface area contributed by atoms with Crippen molar-refractivity contribution >= 4 is 47.1 Å². The Morgan fingerprint density at radius 2 is 2.17 bits per heavy atom. The molecule has 0 bridgehead atoms. The smallest absolute Gasteiger partial charge is 0.191 e. The number of aromatic nitrogens is 1. The Bertz CT molecular complexity index is 764. The molecular formula is C21H32IN5OS. The van der Waals surface area contributed by atoms with Crippen molar-refractivity contribution in [2.75, 3.05) is 38.2 Å². The van der Waals surface area contributed by atoms with Gasteiger partial charge in [0.25, 0.3) is 0 Å². The van der Waals surface area contributed by atoms with Crippen molar-refractivity contribution in [2.45, 2.75) is 38.8 Å². The minimum atomic E-state index is 0. The van der Waals surface area contributed by atoms with Gasteiger partial charge in [-0.05, 0) is 30.0 Å². The fourth-order valence-corrected chi connectivity index (χ4v) is 4.05.